The molecule has 4 heteroatoms. The van der Waals surface area contributed by atoms with Crippen molar-refractivity contribution in [3.63, 3.8) is 0 Å². The number of hydrogen-bond acceptors (Lipinski definition) is 1. The van der Waals surface area contributed by atoms with Crippen molar-refractivity contribution >= 4 is 17.8 Å². The quantitative estimate of drug-likeness (QED) is 0.454. The Morgan fingerprint density at radius 2 is 2.57 bits per heavy atom. The summed E-state index contributed by atoms with van der Waals surface area (Å²) in [5, 5.41) is 2.52. The molecular formula is C3H5ClN2O. The Morgan fingerprint density at radius 1 is 1.86 bits per heavy atom. The molecule has 40 valence electrons. The van der Waals surface area contributed by atoms with Crippen LogP contribution >= 0.6 is 11.8 Å². The molecule has 1 heterocycles. The van der Waals surface area contributed by atoms with Crippen molar-refractivity contribution in [2.45, 2.75) is 0 Å². The van der Waals surface area contributed by atoms with Crippen molar-refractivity contribution in [2.75, 3.05) is 13.1 Å². The van der Waals surface area contributed by atoms with E-state index in [2.05, 4.69) is 5.32 Å². The van der Waals surface area contributed by atoms with Crippen LogP contribution in [0.25, 0.3) is 0 Å². The van der Waals surface area contributed by atoms with E-state index in [9.17, 15) is 4.79 Å². The summed E-state index contributed by atoms with van der Waals surface area (Å²) in [5.74, 6) is 0. The maximum absolute atomic E-state index is 10.3. The van der Waals surface area contributed by atoms with E-state index in [4.69, 9.17) is 11.8 Å². The third-order valence-electron chi connectivity index (χ3n) is 0.805. The van der Waals surface area contributed by atoms with Crippen LogP contribution in [0.15, 0.2) is 0 Å². The summed E-state index contributed by atoms with van der Waals surface area (Å²) in [7, 11) is 0. The van der Waals surface area contributed by atoms with Crippen LogP contribution in [0.3, 0.4) is 0 Å². The van der Waals surface area contributed by atoms with Crippen LogP contribution in [0.4, 0.5) is 4.79 Å². The molecule has 0 aromatic rings. The first-order chi connectivity index (χ1) is 3.30. The number of carbonyl (C=O) groups is 1. The van der Waals surface area contributed by atoms with E-state index in [1.165, 1.54) is 0 Å². The molecule has 0 spiro atoms. The van der Waals surface area contributed by atoms with E-state index in [0.29, 0.717) is 13.1 Å². The second-order valence-electron chi connectivity index (χ2n) is 1.32. The fourth-order valence-electron chi connectivity index (χ4n) is 0.448. The van der Waals surface area contributed by atoms with Crippen LogP contribution in [-0.4, -0.2) is 23.5 Å². The molecule has 0 radical (unpaired) electrons. The highest BCUT2D eigenvalue weighted by molar-refractivity contribution is 6.21. The van der Waals surface area contributed by atoms with E-state index >= 15 is 0 Å². The van der Waals surface area contributed by atoms with Crippen LogP contribution in [0, 0.1) is 0 Å². The summed E-state index contributed by atoms with van der Waals surface area (Å²) in [4.78, 5) is 10.3. The fourth-order valence-corrected chi connectivity index (χ4v) is 0.593. The number of rotatable bonds is 0. The molecule has 7 heavy (non-hydrogen) atoms. The predicted octanol–water partition coefficient (Wildman–Crippen LogP) is 0.165. The molecule has 0 aromatic heterocycles. The number of halogens is 1. The Kier molecular flexibility index (Phi) is 1.06. The van der Waals surface area contributed by atoms with Crippen molar-refractivity contribution in [2.24, 2.45) is 0 Å². The van der Waals surface area contributed by atoms with Crippen LogP contribution in [0.5, 0.6) is 0 Å². The number of nitrogens with zero attached hydrogens (tertiary/aromatic N) is 1. The molecule has 0 aliphatic carbocycles. The maximum Gasteiger partial charge on any atom is 0.332 e. The van der Waals surface area contributed by atoms with Gasteiger partial charge in [-0.15, -0.1) is 0 Å². The van der Waals surface area contributed by atoms with Gasteiger partial charge in [0.25, 0.3) is 0 Å². The van der Waals surface area contributed by atoms with Crippen LogP contribution < -0.4 is 5.32 Å². The van der Waals surface area contributed by atoms with Gasteiger partial charge in [-0.05, 0) is 0 Å². The number of amides is 2. The lowest BCUT2D eigenvalue weighted by Crippen LogP contribution is -2.19. The standard InChI is InChI=1S/C3H5ClN2O/c4-6-2-1-5-3(6)7/h1-2H2,(H,5,7). The van der Waals surface area contributed by atoms with Gasteiger partial charge in [0.15, 0.2) is 0 Å². The number of urea groups is 1. The van der Waals surface area contributed by atoms with E-state index in [-0.39, 0.29) is 6.03 Å². The molecule has 1 aliphatic heterocycles. The third-order valence-corrected chi connectivity index (χ3v) is 1.13. The lowest BCUT2D eigenvalue weighted by molar-refractivity contribution is 0.237. The molecule has 0 atom stereocenters. The second-order valence-corrected chi connectivity index (χ2v) is 1.73. The van der Waals surface area contributed by atoms with Gasteiger partial charge in [-0.25, -0.2) is 9.21 Å². The molecule has 1 N–H and O–H groups in total. The van der Waals surface area contributed by atoms with Gasteiger partial charge in [-0.2, -0.15) is 0 Å². The van der Waals surface area contributed by atoms with E-state index < -0.39 is 0 Å². The average Bonchev–Trinajstić information content (AvgIpc) is 1.91. The van der Waals surface area contributed by atoms with Crippen LogP contribution in [0.1, 0.15) is 0 Å². The monoisotopic (exact) mass is 120 g/mol. The van der Waals surface area contributed by atoms with Gasteiger partial charge in [0.05, 0.1) is 6.54 Å². The minimum absolute atomic E-state index is 0.193. The fraction of sp³-hybridized carbons (Fsp3) is 0.667. The van der Waals surface area contributed by atoms with Crippen LogP contribution in [0.2, 0.25) is 0 Å². The second kappa shape index (κ2) is 1.58. The molecule has 1 aliphatic rings. The number of carbonyl (C=O) groups excluding carboxylic acids is 1. The summed E-state index contributed by atoms with van der Waals surface area (Å²) in [6.07, 6.45) is 0. The van der Waals surface area contributed by atoms with Gasteiger partial charge >= 0.3 is 6.03 Å². The van der Waals surface area contributed by atoms with Gasteiger partial charge in [-0.1, -0.05) is 0 Å². The molecule has 1 saturated heterocycles. The highest BCUT2D eigenvalue weighted by atomic mass is 35.5. The van der Waals surface area contributed by atoms with E-state index in [0.717, 1.165) is 4.42 Å². The Morgan fingerprint density at radius 3 is 2.71 bits per heavy atom. The van der Waals surface area contributed by atoms with Gasteiger partial charge in [-0.3, -0.25) is 0 Å². The predicted molar refractivity (Wildman–Crippen MR) is 26.0 cm³/mol. The normalized spacial score (nSPS) is 20.1. The molecule has 3 nitrogen and oxygen atoms in total. The number of hydrogen-bond donors (Lipinski definition) is 1. The molecule has 0 aromatic carbocycles. The molecule has 0 saturated carbocycles. The number of nitrogens with one attached hydrogen (secondary N) is 1. The first-order valence-electron chi connectivity index (χ1n) is 2.02. The Labute approximate surface area is 46.3 Å². The van der Waals surface area contributed by atoms with Gasteiger partial charge in [0, 0.05) is 18.3 Å². The van der Waals surface area contributed by atoms with Crippen molar-refractivity contribution in [3.05, 3.63) is 0 Å². The third kappa shape index (κ3) is 0.771. The first-order valence-corrected chi connectivity index (χ1v) is 2.35. The van der Waals surface area contributed by atoms with E-state index in [1.807, 2.05) is 0 Å². The van der Waals surface area contributed by atoms with Crippen molar-refractivity contribution in [3.8, 4) is 0 Å². The first kappa shape index (κ1) is 4.71. The minimum atomic E-state index is -0.193. The highest BCUT2D eigenvalue weighted by Gasteiger charge is 2.15. The average molecular weight is 121 g/mol. The molecule has 0 bridgehead atoms. The van der Waals surface area contributed by atoms with E-state index in [1.54, 1.807) is 0 Å². The Balaban J connectivity index is 2.48. The zero-order chi connectivity index (χ0) is 5.28. The zero-order valence-electron chi connectivity index (χ0n) is 3.65. The van der Waals surface area contributed by atoms with Crippen LogP contribution in [-0.2, 0) is 0 Å². The maximum atomic E-state index is 10.3. The van der Waals surface area contributed by atoms with Crippen molar-refractivity contribution in [1.82, 2.24) is 9.74 Å². The summed E-state index contributed by atoms with van der Waals surface area (Å²) in [5.41, 5.74) is 0. The minimum Gasteiger partial charge on any atom is -0.335 e. The lowest BCUT2D eigenvalue weighted by Gasteiger charge is -1.96. The van der Waals surface area contributed by atoms with Gasteiger partial charge in [0.1, 0.15) is 0 Å². The molecule has 2 amide bonds. The molecule has 1 fully saturated rings. The topological polar surface area (TPSA) is 32.3 Å². The largest absolute Gasteiger partial charge is 0.335 e. The Hall–Kier alpha value is -0.440. The summed E-state index contributed by atoms with van der Waals surface area (Å²) in [6, 6.07) is -0.193. The molecule has 0 unspecified atom stereocenters. The van der Waals surface area contributed by atoms with Crippen molar-refractivity contribution in [1.29, 1.82) is 0 Å². The SMILES string of the molecule is O=C1NCCN1Cl. The summed E-state index contributed by atoms with van der Waals surface area (Å²) in [6.45, 7) is 1.28. The zero-order valence-corrected chi connectivity index (χ0v) is 4.40. The smallest absolute Gasteiger partial charge is 0.332 e. The van der Waals surface area contributed by atoms with Gasteiger partial charge in [0.2, 0.25) is 0 Å². The van der Waals surface area contributed by atoms with Crippen molar-refractivity contribution < 1.29 is 4.79 Å². The lowest BCUT2D eigenvalue weighted by atomic mass is 10.7. The highest BCUT2D eigenvalue weighted by Crippen LogP contribution is 1.97. The summed E-state index contributed by atoms with van der Waals surface area (Å²) < 4.78 is 1.12. The van der Waals surface area contributed by atoms with Gasteiger partial charge < -0.3 is 5.32 Å². The molecule has 1 rings (SSSR count). The summed E-state index contributed by atoms with van der Waals surface area (Å²) >= 11 is 5.28. The Bertz CT molecular complexity index is 94.9. The molecular weight excluding hydrogens is 115 g/mol.